The Morgan fingerprint density at radius 1 is 0.500 bits per heavy atom. The lowest BCUT2D eigenvalue weighted by Gasteiger charge is -2.24. The van der Waals surface area contributed by atoms with Crippen LogP contribution in [0.3, 0.4) is 0 Å². The maximum absolute atomic E-state index is 12.8. The first-order valence-corrected chi connectivity index (χ1v) is 27.7. The summed E-state index contributed by atoms with van der Waals surface area (Å²) in [6, 6.07) is 0. The second-order valence-corrected chi connectivity index (χ2v) is 20.0. The minimum Gasteiger partial charge on any atom is -0.457 e. The van der Waals surface area contributed by atoms with Gasteiger partial charge in [-0.05, 0) is 83.5 Å². The van der Waals surface area contributed by atoms with E-state index >= 15 is 0 Å². The molecule has 0 rings (SSSR count). The predicted octanol–water partition coefficient (Wildman–Crippen LogP) is 16.2. The third kappa shape index (κ3) is 50.9. The van der Waals surface area contributed by atoms with Crippen LogP contribution in [0.25, 0.3) is 0 Å². The number of likely N-dealkylation sites (N-methyl/N-ethyl adjacent to an activating group) is 1. The molecule has 2 unspecified atom stereocenters. The van der Waals surface area contributed by atoms with Crippen LogP contribution in [-0.2, 0) is 27.9 Å². The molecule has 0 aromatic heterocycles. The zero-order valence-corrected chi connectivity index (χ0v) is 43.1. The number of quaternary nitrogens is 1. The van der Waals surface area contributed by atoms with Gasteiger partial charge in [0, 0.05) is 13.0 Å². The van der Waals surface area contributed by atoms with Gasteiger partial charge in [-0.2, -0.15) is 0 Å². The molecule has 9 heteroatoms. The minimum atomic E-state index is -4.29. The van der Waals surface area contributed by atoms with Crippen LogP contribution >= 0.6 is 7.82 Å². The first kappa shape index (κ1) is 61.9. The van der Waals surface area contributed by atoms with Gasteiger partial charge in [-0.1, -0.05) is 196 Å². The van der Waals surface area contributed by atoms with Crippen LogP contribution in [0.15, 0.2) is 72.9 Å². The number of rotatable bonds is 48. The van der Waals surface area contributed by atoms with Gasteiger partial charge in [0.05, 0.1) is 34.4 Å². The highest BCUT2D eigenvalue weighted by Gasteiger charge is 2.26. The molecular weight excluding hydrogens is 818 g/mol. The van der Waals surface area contributed by atoms with Gasteiger partial charge in [0.2, 0.25) is 0 Å². The SMILES string of the molecule is CC/C=C\C/C=C\C/C=C\C/C=C\C/C=C\CCCCCCCCCC(=O)OC(COCCCCCCCCCC/C=C\CCCCCCCCC)COP(=O)(O)OCC[N+](C)(C)C. The highest BCUT2D eigenvalue weighted by atomic mass is 31.2. The number of allylic oxidation sites excluding steroid dienone is 12. The van der Waals surface area contributed by atoms with Crippen molar-refractivity contribution in [3.05, 3.63) is 72.9 Å². The molecule has 0 aliphatic rings. The molecule has 0 aliphatic carbocycles. The van der Waals surface area contributed by atoms with E-state index in [4.69, 9.17) is 18.5 Å². The number of hydrogen-bond acceptors (Lipinski definition) is 6. The average Bonchev–Trinajstić information content (AvgIpc) is 3.25. The maximum Gasteiger partial charge on any atom is 0.472 e. The van der Waals surface area contributed by atoms with Gasteiger partial charge in [-0.25, -0.2) is 4.57 Å². The molecule has 0 fully saturated rings. The molecule has 372 valence electrons. The molecule has 0 spiro atoms. The Kier molecular flexibility index (Phi) is 45.9. The first-order valence-electron chi connectivity index (χ1n) is 26.2. The van der Waals surface area contributed by atoms with Gasteiger partial charge >= 0.3 is 13.8 Å². The standard InChI is InChI=1S/C55H100NO7P/c1-6-8-10-12-14-16-18-20-22-24-26-27-28-29-30-32-34-36-38-40-42-44-46-48-55(57)63-54(53-62-64(58,59)61-51-49-56(3,4)5)52-60-50-47-45-43-41-39-37-35-33-31-25-23-21-19-17-15-13-11-9-7-2/h8,10,14,16,20,22-23,25-27,29-30,54H,6-7,9,11-13,15,17-19,21,24,28,31-53H2,1-5H3/p+1/b10-8-,16-14-,22-20-,25-23-,27-26-,30-29-. The van der Waals surface area contributed by atoms with E-state index in [2.05, 4.69) is 86.8 Å². The molecular formula is C55H101NO7P+. The highest BCUT2D eigenvalue weighted by molar-refractivity contribution is 7.47. The zero-order chi connectivity index (χ0) is 46.9. The smallest absolute Gasteiger partial charge is 0.457 e. The molecule has 0 aliphatic heterocycles. The summed E-state index contributed by atoms with van der Waals surface area (Å²) in [5.74, 6) is -0.326. The summed E-state index contributed by atoms with van der Waals surface area (Å²) < 4.78 is 35.2. The summed E-state index contributed by atoms with van der Waals surface area (Å²) in [5.41, 5.74) is 0. The number of nitrogens with zero attached hydrogens (tertiary/aromatic N) is 1. The summed E-state index contributed by atoms with van der Waals surface area (Å²) in [5, 5.41) is 0. The Balaban J connectivity index is 4.18. The normalized spacial score (nSPS) is 14.2. The number of esters is 1. The first-order chi connectivity index (χ1) is 31.1. The third-order valence-electron chi connectivity index (χ3n) is 11.0. The van der Waals surface area contributed by atoms with Gasteiger partial charge in [-0.3, -0.25) is 13.8 Å². The fourth-order valence-corrected chi connectivity index (χ4v) is 7.73. The van der Waals surface area contributed by atoms with E-state index in [9.17, 15) is 14.3 Å². The Bertz CT molecular complexity index is 1250. The summed E-state index contributed by atoms with van der Waals surface area (Å²) in [4.78, 5) is 23.0. The Hall–Kier alpha value is -2.06. The number of phosphoric ester groups is 1. The Labute approximate surface area is 395 Å². The van der Waals surface area contributed by atoms with Crippen LogP contribution < -0.4 is 0 Å². The van der Waals surface area contributed by atoms with Crippen LogP contribution in [-0.4, -0.2) is 75.6 Å². The summed E-state index contributed by atoms with van der Waals surface area (Å²) >= 11 is 0. The monoisotopic (exact) mass is 919 g/mol. The van der Waals surface area contributed by atoms with Crippen molar-refractivity contribution in [3.63, 3.8) is 0 Å². The number of carbonyl (C=O) groups is 1. The van der Waals surface area contributed by atoms with Gasteiger partial charge in [0.1, 0.15) is 19.3 Å². The van der Waals surface area contributed by atoms with Crippen LogP contribution in [0, 0.1) is 0 Å². The van der Waals surface area contributed by atoms with E-state index in [-0.39, 0.29) is 25.8 Å². The molecule has 0 radical (unpaired) electrons. The number of ether oxygens (including phenoxy) is 2. The van der Waals surface area contributed by atoms with Gasteiger partial charge < -0.3 is 18.9 Å². The van der Waals surface area contributed by atoms with Crippen molar-refractivity contribution >= 4 is 13.8 Å². The molecule has 0 aromatic rings. The topological polar surface area (TPSA) is 91.3 Å². The van der Waals surface area contributed by atoms with Crippen molar-refractivity contribution in [1.29, 1.82) is 0 Å². The van der Waals surface area contributed by atoms with Gasteiger partial charge in [0.25, 0.3) is 0 Å². The van der Waals surface area contributed by atoms with E-state index in [1.54, 1.807) is 0 Å². The highest BCUT2D eigenvalue weighted by Crippen LogP contribution is 2.43. The van der Waals surface area contributed by atoms with Crippen LogP contribution in [0.5, 0.6) is 0 Å². The van der Waals surface area contributed by atoms with Crippen molar-refractivity contribution < 1.29 is 37.3 Å². The van der Waals surface area contributed by atoms with Crippen molar-refractivity contribution in [2.24, 2.45) is 0 Å². The van der Waals surface area contributed by atoms with Crippen molar-refractivity contribution in [2.45, 2.75) is 219 Å². The summed E-state index contributed by atoms with van der Waals surface area (Å²) in [6.45, 7) is 5.49. The molecule has 0 heterocycles. The lowest BCUT2D eigenvalue weighted by Crippen LogP contribution is -2.37. The third-order valence-corrected chi connectivity index (χ3v) is 12.0. The van der Waals surface area contributed by atoms with Crippen molar-refractivity contribution in [1.82, 2.24) is 0 Å². The lowest BCUT2D eigenvalue weighted by atomic mass is 10.1. The van der Waals surface area contributed by atoms with E-state index in [1.165, 1.54) is 122 Å². The van der Waals surface area contributed by atoms with Gasteiger partial charge in [-0.15, -0.1) is 0 Å². The number of carbonyl (C=O) groups excluding carboxylic acids is 1. The molecule has 0 saturated carbocycles. The number of unbranched alkanes of at least 4 members (excludes halogenated alkanes) is 22. The predicted molar refractivity (Wildman–Crippen MR) is 275 cm³/mol. The van der Waals surface area contributed by atoms with Crippen molar-refractivity contribution in [3.8, 4) is 0 Å². The second-order valence-electron chi connectivity index (χ2n) is 18.5. The van der Waals surface area contributed by atoms with Crippen LogP contribution in [0.1, 0.15) is 213 Å². The lowest BCUT2D eigenvalue weighted by molar-refractivity contribution is -0.870. The summed E-state index contributed by atoms with van der Waals surface area (Å²) in [7, 11) is 1.65. The molecule has 0 aromatic carbocycles. The molecule has 0 saturated heterocycles. The number of phosphoric acid groups is 1. The maximum atomic E-state index is 12.8. The van der Waals surface area contributed by atoms with E-state index in [1.807, 2.05) is 21.1 Å². The molecule has 1 N–H and O–H groups in total. The quantitative estimate of drug-likeness (QED) is 0.0214. The second kappa shape index (κ2) is 47.4. The summed E-state index contributed by atoms with van der Waals surface area (Å²) in [6.07, 6.45) is 62.3. The average molecular weight is 919 g/mol. The fourth-order valence-electron chi connectivity index (χ4n) is 6.99. The molecule has 2 atom stereocenters. The van der Waals surface area contributed by atoms with Gasteiger partial charge in [0.15, 0.2) is 0 Å². The number of hydrogen-bond donors (Lipinski definition) is 1. The fraction of sp³-hybridized carbons (Fsp3) is 0.764. The minimum absolute atomic E-state index is 0.0826. The van der Waals surface area contributed by atoms with Crippen LogP contribution in [0.2, 0.25) is 0 Å². The molecule has 64 heavy (non-hydrogen) atoms. The zero-order valence-electron chi connectivity index (χ0n) is 42.3. The molecule has 8 nitrogen and oxygen atoms in total. The van der Waals surface area contributed by atoms with Crippen LogP contribution in [0.4, 0.5) is 0 Å². The molecule has 0 bridgehead atoms. The van der Waals surface area contributed by atoms with Crippen molar-refractivity contribution in [2.75, 3.05) is 54.1 Å². The Morgan fingerprint density at radius 2 is 0.906 bits per heavy atom. The molecule has 0 amide bonds. The Morgan fingerprint density at radius 3 is 1.38 bits per heavy atom. The van der Waals surface area contributed by atoms with E-state index < -0.39 is 13.9 Å². The largest absolute Gasteiger partial charge is 0.472 e. The van der Waals surface area contributed by atoms with E-state index in [0.717, 1.165) is 70.6 Å². The van der Waals surface area contributed by atoms with E-state index in [0.29, 0.717) is 24.1 Å².